The van der Waals surface area contributed by atoms with Crippen LogP contribution in [0.25, 0.3) is 20.5 Å². The third-order valence-corrected chi connectivity index (χ3v) is 7.36. The standard InChI is InChI=1S/C22H12F8S2/c1-7-5-11-12(31-7)6-9(32-11)3-4-10-17(25)21(29)14(22(30)18(10)26)13-19(27)15(23)8(2)16(24)20(13)28/h5-6H,3-4H2,1-2H3. The maximum atomic E-state index is 14.6. The summed E-state index contributed by atoms with van der Waals surface area (Å²) in [5, 5.41) is 0. The van der Waals surface area contributed by atoms with Crippen molar-refractivity contribution in [3.8, 4) is 11.1 Å². The van der Waals surface area contributed by atoms with Crippen molar-refractivity contribution in [2.45, 2.75) is 26.7 Å². The van der Waals surface area contributed by atoms with Crippen molar-refractivity contribution in [2.24, 2.45) is 0 Å². The third kappa shape index (κ3) is 3.49. The molecule has 0 nitrogen and oxygen atoms in total. The van der Waals surface area contributed by atoms with Crippen molar-refractivity contribution in [3.63, 3.8) is 0 Å². The Kier molecular flexibility index (Phi) is 5.79. The molecule has 2 heterocycles. The van der Waals surface area contributed by atoms with Gasteiger partial charge in [0.15, 0.2) is 46.5 Å². The van der Waals surface area contributed by atoms with Crippen LogP contribution in [0.2, 0.25) is 0 Å². The maximum absolute atomic E-state index is 14.6. The fraction of sp³-hybridized carbons (Fsp3) is 0.182. The largest absolute Gasteiger partial charge is 0.203 e. The molecule has 0 fully saturated rings. The number of rotatable bonds is 4. The van der Waals surface area contributed by atoms with Gasteiger partial charge in [0, 0.05) is 30.3 Å². The molecule has 0 N–H and O–H groups in total. The SMILES string of the molecule is Cc1cc2sc(CCc3c(F)c(F)c(-c4c(F)c(F)c(C)c(F)c4F)c(F)c3F)cc2s1. The molecule has 0 amide bonds. The lowest BCUT2D eigenvalue weighted by atomic mass is 9.96. The van der Waals surface area contributed by atoms with Crippen LogP contribution in [-0.4, -0.2) is 0 Å². The van der Waals surface area contributed by atoms with Crippen molar-refractivity contribution >= 4 is 32.1 Å². The van der Waals surface area contributed by atoms with Crippen molar-refractivity contribution < 1.29 is 35.1 Å². The minimum atomic E-state index is -2.15. The van der Waals surface area contributed by atoms with Gasteiger partial charge in [0.2, 0.25) is 0 Å². The molecule has 0 aliphatic rings. The first-order valence-electron chi connectivity index (χ1n) is 9.19. The Morgan fingerprint density at radius 3 is 1.53 bits per heavy atom. The van der Waals surface area contributed by atoms with E-state index in [4.69, 9.17) is 0 Å². The van der Waals surface area contributed by atoms with Gasteiger partial charge in [-0.2, -0.15) is 0 Å². The van der Waals surface area contributed by atoms with Gasteiger partial charge in [-0.3, -0.25) is 0 Å². The average Bonchev–Trinajstić information content (AvgIpc) is 3.28. The fourth-order valence-electron chi connectivity index (χ4n) is 3.45. The van der Waals surface area contributed by atoms with E-state index in [0.717, 1.165) is 19.2 Å². The molecule has 0 atom stereocenters. The number of fused-ring (bicyclic) bond motifs is 1. The highest BCUT2D eigenvalue weighted by atomic mass is 32.1. The van der Waals surface area contributed by atoms with Crippen molar-refractivity contribution in [3.05, 3.63) is 79.6 Å². The lowest BCUT2D eigenvalue weighted by Gasteiger charge is -2.15. The molecule has 168 valence electrons. The van der Waals surface area contributed by atoms with E-state index in [1.54, 1.807) is 6.07 Å². The average molecular weight is 492 g/mol. The Labute approximate surface area is 184 Å². The second-order valence-corrected chi connectivity index (χ2v) is 9.62. The minimum Gasteiger partial charge on any atom is -0.203 e. The first kappa shape index (κ1) is 22.7. The van der Waals surface area contributed by atoms with Gasteiger partial charge >= 0.3 is 0 Å². The number of benzene rings is 2. The number of hydrogen-bond acceptors (Lipinski definition) is 2. The van der Waals surface area contributed by atoms with E-state index in [1.807, 2.05) is 13.0 Å². The lowest BCUT2D eigenvalue weighted by Crippen LogP contribution is -2.11. The highest BCUT2D eigenvalue weighted by Crippen LogP contribution is 2.39. The predicted octanol–water partition coefficient (Wildman–Crippen LogP) is 8.14. The molecular formula is C22H12F8S2. The summed E-state index contributed by atoms with van der Waals surface area (Å²) in [5.74, 6) is -16.2. The lowest BCUT2D eigenvalue weighted by molar-refractivity contribution is 0.430. The number of halogens is 8. The zero-order chi connectivity index (χ0) is 23.5. The van der Waals surface area contributed by atoms with Crippen LogP contribution in [0.5, 0.6) is 0 Å². The first-order valence-corrected chi connectivity index (χ1v) is 10.8. The molecule has 0 bridgehead atoms. The first-order chi connectivity index (χ1) is 15.0. The van der Waals surface area contributed by atoms with E-state index < -0.39 is 75.2 Å². The summed E-state index contributed by atoms with van der Waals surface area (Å²) in [6.07, 6.45) is -0.395. The highest BCUT2D eigenvalue weighted by Gasteiger charge is 2.33. The Morgan fingerprint density at radius 2 is 1.03 bits per heavy atom. The summed E-state index contributed by atoms with van der Waals surface area (Å²) in [4.78, 5) is 1.80. The smallest absolute Gasteiger partial charge is 0.170 e. The quantitative estimate of drug-likeness (QED) is 0.199. The molecule has 4 aromatic rings. The molecule has 4 rings (SSSR count). The van der Waals surface area contributed by atoms with E-state index in [9.17, 15) is 35.1 Å². The van der Waals surface area contributed by atoms with Crippen LogP contribution in [0.3, 0.4) is 0 Å². The van der Waals surface area contributed by atoms with Gasteiger partial charge in [-0.1, -0.05) is 0 Å². The molecule has 2 aromatic heterocycles. The summed E-state index contributed by atoms with van der Waals surface area (Å²) in [7, 11) is 0. The summed E-state index contributed by atoms with van der Waals surface area (Å²) >= 11 is 2.88. The van der Waals surface area contributed by atoms with E-state index in [0.29, 0.717) is 6.92 Å². The Balaban J connectivity index is 1.78. The van der Waals surface area contributed by atoms with Gasteiger partial charge in [-0.25, -0.2) is 35.1 Å². The van der Waals surface area contributed by atoms with Crippen LogP contribution in [0.15, 0.2) is 12.1 Å². The zero-order valence-corrected chi connectivity index (χ0v) is 18.0. The summed E-state index contributed by atoms with van der Waals surface area (Å²) in [5.41, 5.74) is -5.73. The van der Waals surface area contributed by atoms with E-state index in [2.05, 4.69) is 0 Å². The maximum Gasteiger partial charge on any atom is 0.170 e. The van der Waals surface area contributed by atoms with Crippen LogP contribution in [0.4, 0.5) is 35.1 Å². The summed E-state index contributed by atoms with van der Waals surface area (Å²) < 4.78 is 117. The third-order valence-electron chi connectivity index (χ3n) is 5.09. The molecule has 0 saturated heterocycles. The number of hydrogen-bond donors (Lipinski definition) is 0. The van der Waals surface area contributed by atoms with Crippen molar-refractivity contribution in [2.75, 3.05) is 0 Å². The molecule has 0 aliphatic heterocycles. The fourth-order valence-corrected chi connectivity index (χ4v) is 5.80. The molecule has 0 spiro atoms. The predicted molar refractivity (Wildman–Crippen MR) is 108 cm³/mol. The monoisotopic (exact) mass is 492 g/mol. The highest BCUT2D eigenvalue weighted by molar-refractivity contribution is 7.27. The normalized spacial score (nSPS) is 11.7. The van der Waals surface area contributed by atoms with Crippen molar-refractivity contribution in [1.29, 1.82) is 0 Å². The van der Waals surface area contributed by atoms with E-state index in [-0.39, 0.29) is 6.42 Å². The molecule has 2 aromatic carbocycles. The van der Waals surface area contributed by atoms with Crippen LogP contribution >= 0.6 is 22.7 Å². The minimum absolute atomic E-state index is 0.0493. The molecule has 0 unspecified atom stereocenters. The molecule has 0 radical (unpaired) electrons. The molecule has 0 saturated carbocycles. The van der Waals surface area contributed by atoms with Gasteiger partial charge < -0.3 is 0 Å². The topological polar surface area (TPSA) is 0 Å². The second kappa shape index (κ2) is 8.15. The zero-order valence-electron chi connectivity index (χ0n) is 16.4. The van der Waals surface area contributed by atoms with Crippen molar-refractivity contribution in [1.82, 2.24) is 0 Å². The number of aryl methyl sites for hydroxylation is 2. The number of thiophene rings is 2. The second-order valence-electron chi connectivity index (χ2n) is 7.16. The van der Waals surface area contributed by atoms with E-state index >= 15 is 0 Å². The van der Waals surface area contributed by atoms with Crippen LogP contribution < -0.4 is 0 Å². The van der Waals surface area contributed by atoms with Gasteiger partial charge in [0.05, 0.1) is 11.1 Å². The van der Waals surface area contributed by atoms with Crippen LogP contribution in [0, 0.1) is 60.4 Å². The molecule has 0 aliphatic carbocycles. The Hall–Kier alpha value is -2.46. The summed E-state index contributed by atoms with van der Waals surface area (Å²) in [6, 6.07) is 3.74. The van der Waals surface area contributed by atoms with E-state index in [1.165, 1.54) is 22.7 Å². The molecule has 32 heavy (non-hydrogen) atoms. The van der Waals surface area contributed by atoms with Crippen LogP contribution in [-0.2, 0) is 12.8 Å². The van der Waals surface area contributed by atoms with Gasteiger partial charge in [-0.05, 0) is 38.8 Å². The van der Waals surface area contributed by atoms with Gasteiger partial charge in [-0.15, -0.1) is 22.7 Å². The Morgan fingerprint density at radius 1 is 0.562 bits per heavy atom. The van der Waals surface area contributed by atoms with Gasteiger partial charge in [0.25, 0.3) is 0 Å². The molecule has 10 heteroatoms. The summed E-state index contributed by atoms with van der Waals surface area (Å²) in [6.45, 7) is 2.63. The van der Waals surface area contributed by atoms with Crippen LogP contribution in [0.1, 0.15) is 20.9 Å². The molecular weight excluding hydrogens is 480 g/mol. The van der Waals surface area contributed by atoms with Gasteiger partial charge in [0.1, 0.15) is 0 Å². The Bertz CT molecular complexity index is 1290.